The van der Waals surface area contributed by atoms with E-state index in [0.717, 1.165) is 0 Å². The molecule has 0 spiro atoms. The second kappa shape index (κ2) is 2.97. The molecule has 5 N–H and O–H groups in total. The number of hydrogen-bond donors (Lipinski definition) is 4. The standard InChI is InChI=1S/C7H10BN5/c1-2-3(9)4(10)5(11)6(12)7(2)13-8/h10-12H,8-9H2,1H3. The van der Waals surface area contributed by atoms with Gasteiger partial charge in [0.2, 0.25) is 7.98 Å². The first kappa shape index (κ1) is 9.37. The highest BCUT2D eigenvalue weighted by molar-refractivity contribution is 6.05. The molecule has 0 aliphatic heterocycles. The number of nitrogens with two attached hydrogens (primary N) is 1. The lowest BCUT2D eigenvalue weighted by atomic mass is 10.1. The van der Waals surface area contributed by atoms with E-state index in [1.807, 2.05) is 0 Å². The van der Waals surface area contributed by atoms with Crippen LogP contribution in [0.25, 0.3) is 0 Å². The molecular weight excluding hydrogens is 165 g/mol. The Labute approximate surface area is 75.3 Å². The summed E-state index contributed by atoms with van der Waals surface area (Å²) in [5.74, 6) is 0. The molecule has 66 valence electrons. The fraction of sp³-hybridized carbons (Fsp3) is 0.143. The summed E-state index contributed by atoms with van der Waals surface area (Å²) in [6, 6.07) is 0. The van der Waals surface area contributed by atoms with Gasteiger partial charge in [-0.25, -0.2) is 0 Å². The minimum atomic E-state index is -0.163. The lowest BCUT2D eigenvalue weighted by molar-refractivity contribution is 1.02. The summed E-state index contributed by atoms with van der Waals surface area (Å²) in [6.07, 6.45) is 0. The van der Waals surface area contributed by atoms with Gasteiger partial charge in [0, 0.05) is 5.56 Å². The molecule has 0 fully saturated rings. The van der Waals surface area contributed by atoms with Gasteiger partial charge in [-0.3, -0.25) is 16.2 Å². The summed E-state index contributed by atoms with van der Waals surface area (Å²) in [4.78, 5) is 3.86. The van der Waals surface area contributed by atoms with Gasteiger partial charge in [0.25, 0.3) is 0 Å². The number of rotatable bonds is 0. The third-order valence-electron chi connectivity index (χ3n) is 1.99. The first-order valence-electron chi connectivity index (χ1n) is 3.71. The van der Waals surface area contributed by atoms with Gasteiger partial charge in [-0.15, -0.1) is 0 Å². The average molecular weight is 175 g/mol. The van der Waals surface area contributed by atoms with Crippen molar-refractivity contribution >= 4 is 13.7 Å². The van der Waals surface area contributed by atoms with Gasteiger partial charge in [0.05, 0.1) is 11.0 Å². The maximum Gasteiger partial charge on any atom is 0.245 e. The van der Waals surface area contributed by atoms with Crippen molar-refractivity contribution < 1.29 is 0 Å². The number of hydrogen-bond acceptors (Lipinski definition) is 5. The van der Waals surface area contributed by atoms with E-state index in [4.69, 9.17) is 22.0 Å². The average Bonchev–Trinajstić information content (AvgIpc) is 2.13. The molecular formula is C7H10BN5. The van der Waals surface area contributed by atoms with E-state index >= 15 is 0 Å². The van der Waals surface area contributed by atoms with Crippen LogP contribution in [-0.4, -0.2) is 7.98 Å². The number of nitrogen functional groups attached to an aromatic ring is 1. The Balaban J connectivity index is 4.15. The molecule has 0 radical (unpaired) electrons. The Morgan fingerprint density at radius 2 is 1.69 bits per heavy atom. The molecule has 5 nitrogen and oxygen atoms in total. The van der Waals surface area contributed by atoms with Crippen molar-refractivity contribution in [3.63, 3.8) is 0 Å². The topological polar surface area (TPSA) is 110 Å². The Morgan fingerprint density at radius 3 is 2.15 bits per heavy atom. The van der Waals surface area contributed by atoms with Crippen LogP contribution in [0, 0.1) is 23.2 Å². The van der Waals surface area contributed by atoms with Crippen molar-refractivity contribution in [3.8, 4) is 0 Å². The van der Waals surface area contributed by atoms with Crippen molar-refractivity contribution in [2.45, 2.75) is 6.92 Å². The van der Waals surface area contributed by atoms with Crippen molar-refractivity contribution in [3.05, 3.63) is 27.0 Å². The lowest BCUT2D eigenvalue weighted by Crippen LogP contribution is -2.49. The van der Waals surface area contributed by atoms with E-state index in [9.17, 15) is 0 Å². The largest absolute Gasteiger partial charge is 0.397 e. The zero-order valence-corrected chi connectivity index (χ0v) is 7.52. The smallest absolute Gasteiger partial charge is 0.245 e. The second-order valence-electron chi connectivity index (χ2n) is 2.74. The van der Waals surface area contributed by atoms with E-state index in [2.05, 4.69) is 4.90 Å². The Hall–Kier alpha value is -1.72. The predicted octanol–water partition coefficient (Wildman–Crippen LogP) is -2.66. The lowest BCUT2D eigenvalue weighted by Gasteiger charge is -1.99. The Kier molecular flexibility index (Phi) is 2.14. The number of nitrogens with zero attached hydrogens (tertiary/aromatic N) is 1. The molecule has 0 unspecified atom stereocenters. The minimum absolute atomic E-state index is 0.0285. The van der Waals surface area contributed by atoms with Crippen LogP contribution in [0.5, 0.6) is 0 Å². The summed E-state index contributed by atoms with van der Waals surface area (Å²) < 4.78 is 0. The zero-order chi connectivity index (χ0) is 10.2. The third-order valence-corrected chi connectivity index (χ3v) is 1.99. The second-order valence-corrected chi connectivity index (χ2v) is 2.74. The summed E-state index contributed by atoms with van der Waals surface area (Å²) in [5, 5.41) is 22.5. The quantitative estimate of drug-likeness (QED) is 0.250. The molecule has 13 heavy (non-hydrogen) atoms. The van der Waals surface area contributed by atoms with E-state index < -0.39 is 0 Å². The number of benzene rings is 1. The van der Waals surface area contributed by atoms with Crippen LogP contribution >= 0.6 is 0 Å². The summed E-state index contributed by atoms with van der Waals surface area (Å²) >= 11 is 0. The predicted molar refractivity (Wildman–Crippen MR) is 49.6 cm³/mol. The van der Waals surface area contributed by atoms with E-state index in [1.54, 1.807) is 14.9 Å². The molecule has 1 aromatic carbocycles. The molecule has 6 heteroatoms. The van der Waals surface area contributed by atoms with Gasteiger partial charge >= 0.3 is 0 Å². The number of anilines is 1. The molecule has 0 atom stereocenters. The minimum Gasteiger partial charge on any atom is -0.397 e. The first-order chi connectivity index (χ1) is 6.00. The SMILES string of the molecule is BN=c1c(C)c(N)c(=N)c(=N)c1=N. The highest BCUT2D eigenvalue weighted by Gasteiger charge is 2.03. The maximum atomic E-state index is 7.52. The molecule has 0 aliphatic carbocycles. The van der Waals surface area contributed by atoms with Gasteiger partial charge in [0.15, 0.2) is 0 Å². The summed E-state index contributed by atoms with van der Waals surface area (Å²) in [5.41, 5.74) is 6.42. The van der Waals surface area contributed by atoms with Crippen LogP contribution in [0.4, 0.5) is 5.69 Å². The van der Waals surface area contributed by atoms with Gasteiger partial charge in [-0.2, -0.15) is 0 Å². The highest BCUT2D eigenvalue weighted by Crippen LogP contribution is 1.91. The van der Waals surface area contributed by atoms with Crippen molar-refractivity contribution in [2.24, 2.45) is 4.90 Å². The molecule has 1 aromatic rings. The van der Waals surface area contributed by atoms with E-state index in [1.165, 1.54) is 0 Å². The van der Waals surface area contributed by atoms with Crippen LogP contribution < -0.4 is 27.2 Å². The molecule has 0 amide bonds. The van der Waals surface area contributed by atoms with Crippen LogP contribution in [0.1, 0.15) is 5.56 Å². The number of nitrogens with one attached hydrogen (secondary N) is 3. The molecule has 0 heterocycles. The molecule has 0 saturated carbocycles. The Morgan fingerprint density at radius 1 is 1.15 bits per heavy atom. The summed E-state index contributed by atoms with van der Waals surface area (Å²) in [7, 11) is 1.54. The first-order valence-corrected chi connectivity index (χ1v) is 3.71. The fourth-order valence-corrected chi connectivity index (χ4v) is 1.16. The highest BCUT2D eigenvalue weighted by atomic mass is 14.7. The molecule has 0 saturated heterocycles. The molecule has 0 aliphatic rings. The zero-order valence-electron chi connectivity index (χ0n) is 7.52. The van der Waals surface area contributed by atoms with Gasteiger partial charge in [-0.1, -0.05) is 0 Å². The van der Waals surface area contributed by atoms with Gasteiger partial charge in [-0.05, 0) is 6.92 Å². The molecule has 0 bridgehead atoms. The van der Waals surface area contributed by atoms with Crippen molar-refractivity contribution in [1.82, 2.24) is 0 Å². The van der Waals surface area contributed by atoms with Gasteiger partial charge < -0.3 is 10.6 Å². The summed E-state index contributed by atoms with van der Waals surface area (Å²) in [6.45, 7) is 1.70. The third kappa shape index (κ3) is 1.20. The fourth-order valence-electron chi connectivity index (χ4n) is 1.16. The van der Waals surface area contributed by atoms with E-state index in [-0.39, 0.29) is 21.8 Å². The molecule has 0 aromatic heterocycles. The van der Waals surface area contributed by atoms with Crippen LogP contribution in [0.3, 0.4) is 0 Å². The van der Waals surface area contributed by atoms with Crippen LogP contribution in [-0.2, 0) is 0 Å². The van der Waals surface area contributed by atoms with Crippen molar-refractivity contribution in [2.75, 3.05) is 5.73 Å². The normalized spacial score (nSPS) is 11.9. The Bertz CT molecular complexity index is 550. The van der Waals surface area contributed by atoms with E-state index in [0.29, 0.717) is 10.9 Å². The molecule has 1 rings (SSSR count). The maximum absolute atomic E-state index is 7.52. The van der Waals surface area contributed by atoms with Gasteiger partial charge in [0.1, 0.15) is 16.1 Å². The van der Waals surface area contributed by atoms with Crippen molar-refractivity contribution in [1.29, 1.82) is 16.2 Å². The monoisotopic (exact) mass is 175 g/mol. The van der Waals surface area contributed by atoms with Crippen LogP contribution in [0.2, 0.25) is 0 Å². The van der Waals surface area contributed by atoms with Crippen LogP contribution in [0.15, 0.2) is 4.90 Å².